The molecule has 13 rings (SSSR count). The second kappa shape index (κ2) is 15.3. The summed E-state index contributed by atoms with van der Waals surface area (Å²) in [5, 5.41) is 5.17. The van der Waals surface area contributed by atoms with E-state index in [0.29, 0.717) is 0 Å². The standard InChI is InChI=1S/C64H40S/c1-7-20-41(21-8-1)47-34-37-56-53(38-47)55-40-48(42-22-9-2-10-23-42)39-54(64(55)65-56)49-35-36-52-61-50(49)32-19-33-51(61)62-59(45-28-15-5-16-29-45)57(43-24-11-3-12-25-43)58(44-26-13-4-14-27-44)60(63(52)62)46-30-17-6-18-31-46/h1-40H. The Morgan fingerprint density at radius 2 is 0.631 bits per heavy atom. The number of rotatable bonds is 7. The van der Waals surface area contributed by atoms with Crippen molar-refractivity contribution in [1.29, 1.82) is 0 Å². The summed E-state index contributed by atoms with van der Waals surface area (Å²) in [5.74, 6) is 0. The lowest BCUT2D eigenvalue weighted by Gasteiger charge is -2.26. The summed E-state index contributed by atoms with van der Waals surface area (Å²) in [4.78, 5) is 0. The van der Waals surface area contributed by atoms with Crippen LogP contribution in [0.1, 0.15) is 0 Å². The second-order valence-corrected chi connectivity index (χ2v) is 18.1. The Labute approximate surface area is 383 Å². The molecule has 0 nitrogen and oxygen atoms in total. The molecule has 1 heterocycles. The average molecular weight is 841 g/mol. The van der Waals surface area contributed by atoms with Crippen LogP contribution in [0.15, 0.2) is 243 Å². The minimum atomic E-state index is 1.20. The predicted octanol–water partition coefficient (Wildman–Crippen LogP) is 18.5. The van der Waals surface area contributed by atoms with Gasteiger partial charge in [0.2, 0.25) is 0 Å². The summed E-state index contributed by atoms with van der Waals surface area (Å²) in [6.07, 6.45) is 0. The first-order chi connectivity index (χ1) is 32.3. The Hall–Kier alpha value is -8.10. The van der Waals surface area contributed by atoms with Crippen molar-refractivity contribution in [2.24, 2.45) is 0 Å². The van der Waals surface area contributed by atoms with Crippen LogP contribution in [0.2, 0.25) is 0 Å². The largest absolute Gasteiger partial charge is 0.135 e. The molecular weight excluding hydrogens is 801 g/mol. The molecule has 0 aliphatic heterocycles. The molecule has 0 saturated heterocycles. The third-order valence-corrected chi connectivity index (χ3v) is 14.6. The molecule has 0 radical (unpaired) electrons. The van der Waals surface area contributed by atoms with Crippen molar-refractivity contribution in [2.45, 2.75) is 0 Å². The Balaban J connectivity index is 1.16. The minimum absolute atomic E-state index is 1.20. The van der Waals surface area contributed by atoms with Crippen LogP contribution in [0, 0.1) is 0 Å². The number of fused-ring (bicyclic) bond motifs is 6. The third-order valence-electron chi connectivity index (χ3n) is 13.4. The van der Waals surface area contributed by atoms with Crippen molar-refractivity contribution >= 4 is 42.3 Å². The van der Waals surface area contributed by atoms with E-state index < -0.39 is 0 Å². The van der Waals surface area contributed by atoms with Gasteiger partial charge in [0.1, 0.15) is 0 Å². The maximum Gasteiger partial charge on any atom is 0.0434 e. The molecule has 0 unspecified atom stereocenters. The summed E-state index contributed by atoms with van der Waals surface area (Å²) in [6.45, 7) is 0. The summed E-state index contributed by atoms with van der Waals surface area (Å²) >= 11 is 1.91. The normalized spacial score (nSPS) is 11.7. The molecule has 0 spiro atoms. The van der Waals surface area contributed by atoms with Gasteiger partial charge in [-0.3, -0.25) is 0 Å². The highest BCUT2D eigenvalue weighted by Gasteiger charge is 2.34. The summed E-state index contributed by atoms with van der Waals surface area (Å²) in [6, 6.07) is 89.7. The van der Waals surface area contributed by atoms with Crippen LogP contribution in [0.25, 0.3) is 131 Å². The first kappa shape index (κ1) is 37.5. The van der Waals surface area contributed by atoms with Crippen molar-refractivity contribution in [3.63, 3.8) is 0 Å². The lowest BCUT2D eigenvalue weighted by molar-refractivity contribution is 1.54. The molecule has 11 aromatic carbocycles. The highest BCUT2D eigenvalue weighted by Crippen LogP contribution is 2.61. The van der Waals surface area contributed by atoms with E-state index in [9.17, 15) is 0 Å². The van der Waals surface area contributed by atoms with Gasteiger partial charge >= 0.3 is 0 Å². The predicted molar refractivity (Wildman–Crippen MR) is 279 cm³/mol. The summed E-state index contributed by atoms with van der Waals surface area (Å²) in [7, 11) is 0. The Morgan fingerprint density at radius 3 is 1.14 bits per heavy atom. The highest BCUT2D eigenvalue weighted by molar-refractivity contribution is 7.26. The van der Waals surface area contributed by atoms with Crippen LogP contribution in [0.4, 0.5) is 0 Å². The van der Waals surface area contributed by atoms with Crippen LogP contribution in [0.5, 0.6) is 0 Å². The maximum atomic E-state index is 2.45. The van der Waals surface area contributed by atoms with Crippen LogP contribution in [-0.4, -0.2) is 0 Å². The third kappa shape index (κ3) is 6.05. The minimum Gasteiger partial charge on any atom is -0.135 e. The Morgan fingerprint density at radius 1 is 0.215 bits per heavy atom. The van der Waals surface area contributed by atoms with Gasteiger partial charge in [-0.15, -0.1) is 11.3 Å². The van der Waals surface area contributed by atoms with Crippen molar-refractivity contribution < 1.29 is 0 Å². The zero-order chi connectivity index (χ0) is 42.8. The Kier molecular flexibility index (Phi) is 8.82. The van der Waals surface area contributed by atoms with Gasteiger partial charge in [0, 0.05) is 25.7 Å². The lowest BCUT2D eigenvalue weighted by atomic mass is 9.76. The Bertz CT molecular complexity index is 3640. The highest BCUT2D eigenvalue weighted by atomic mass is 32.1. The quantitative estimate of drug-likeness (QED) is 0.150. The van der Waals surface area contributed by atoms with E-state index >= 15 is 0 Å². The molecule has 0 amide bonds. The van der Waals surface area contributed by atoms with Gasteiger partial charge in [0.05, 0.1) is 0 Å². The smallest absolute Gasteiger partial charge is 0.0434 e. The second-order valence-electron chi connectivity index (χ2n) is 17.0. The molecule has 1 aliphatic rings. The van der Waals surface area contributed by atoms with E-state index in [2.05, 4.69) is 243 Å². The topological polar surface area (TPSA) is 0 Å². The fourth-order valence-electron chi connectivity index (χ4n) is 10.6. The van der Waals surface area contributed by atoms with Crippen molar-refractivity contribution in [2.75, 3.05) is 0 Å². The van der Waals surface area contributed by atoms with E-state index in [-0.39, 0.29) is 0 Å². The van der Waals surface area contributed by atoms with Crippen LogP contribution < -0.4 is 0 Å². The SMILES string of the molecule is c1ccc(-c2ccc3sc4c(-c5ccc6c7c(cccc57)-c5c(-c7ccccc7)c(-c7ccccc7)c(-c7ccccc7)c(-c7ccccc7)c5-6)cc(-c5ccccc5)cc4c3c2)cc1. The monoisotopic (exact) mass is 840 g/mol. The molecule has 65 heavy (non-hydrogen) atoms. The van der Waals surface area contributed by atoms with E-state index in [1.165, 1.54) is 131 Å². The molecule has 302 valence electrons. The molecule has 0 fully saturated rings. The van der Waals surface area contributed by atoms with E-state index in [1.807, 2.05) is 11.3 Å². The molecule has 0 N–H and O–H groups in total. The molecule has 0 saturated carbocycles. The molecule has 12 aromatic rings. The zero-order valence-corrected chi connectivity index (χ0v) is 36.3. The summed E-state index contributed by atoms with van der Waals surface area (Å²) < 4.78 is 2.61. The van der Waals surface area contributed by atoms with Gasteiger partial charge in [-0.25, -0.2) is 0 Å². The molecule has 1 aromatic heterocycles. The van der Waals surface area contributed by atoms with E-state index in [1.54, 1.807) is 0 Å². The van der Waals surface area contributed by atoms with Gasteiger partial charge in [-0.2, -0.15) is 0 Å². The zero-order valence-electron chi connectivity index (χ0n) is 35.5. The number of hydrogen-bond acceptors (Lipinski definition) is 1. The van der Waals surface area contributed by atoms with Crippen molar-refractivity contribution in [3.05, 3.63) is 243 Å². The lowest BCUT2D eigenvalue weighted by Crippen LogP contribution is -1.99. The molecule has 0 atom stereocenters. The number of hydrogen-bond donors (Lipinski definition) is 0. The van der Waals surface area contributed by atoms with Gasteiger partial charge in [-0.05, 0) is 130 Å². The molecule has 0 bridgehead atoms. The van der Waals surface area contributed by atoms with Crippen LogP contribution in [-0.2, 0) is 0 Å². The first-order valence-corrected chi connectivity index (χ1v) is 23.2. The average Bonchev–Trinajstić information content (AvgIpc) is 3.93. The fraction of sp³-hybridized carbons (Fsp3) is 0. The van der Waals surface area contributed by atoms with E-state index in [0.717, 1.165) is 0 Å². The van der Waals surface area contributed by atoms with Gasteiger partial charge in [0.15, 0.2) is 0 Å². The fourth-order valence-corrected chi connectivity index (χ4v) is 11.8. The molecular formula is C64H40S. The van der Waals surface area contributed by atoms with Gasteiger partial charge in [0.25, 0.3) is 0 Å². The van der Waals surface area contributed by atoms with E-state index in [4.69, 9.17) is 0 Å². The maximum absolute atomic E-state index is 2.45. The first-order valence-electron chi connectivity index (χ1n) is 22.4. The van der Waals surface area contributed by atoms with Gasteiger partial charge < -0.3 is 0 Å². The van der Waals surface area contributed by atoms with Crippen molar-refractivity contribution in [1.82, 2.24) is 0 Å². The molecule has 1 aliphatic carbocycles. The van der Waals surface area contributed by atoms with Crippen LogP contribution in [0.3, 0.4) is 0 Å². The summed E-state index contributed by atoms with van der Waals surface area (Å²) in [5.41, 5.74) is 22.4. The number of benzene rings is 11. The number of thiophene rings is 1. The van der Waals surface area contributed by atoms with Crippen molar-refractivity contribution in [3.8, 4) is 100 Å². The molecule has 1 heteroatoms. The van der Waals surface area contributed by atoms with Gasteiger partial charge in [-0.1, -0.05) is 218 Å². The van der Waals surface area contributed by atoms with Crippen LogP contribution >= 0.6 is 11.3 Å².